The lowest BCUT2D eigenvalue weighted by molar-refractivity contribution is -0.236. The van der Waals surface area contributed by atoms with E-state index < -0.39 is 5.79 Å². The Labute approximate surface area is 61.1 Å². The van der Waals surface area contributed by atoms with Gasteiger partial charge < -0.3 is 15.5 Å². The molecule has 2 atom stereocenters. The largest absolute Gasteiger partial charge is 0.365 e. The van der Waals surface area contributed by atoms with Crippen molar-refractivity contribution in [1.82, 2.24) is 5.32 Å². The van der Waals surface area contributed by atoms with Gasteiger partial charge in [-0.2, -0.15) is 0 Å². The highest BCUT2D eigenvalue weighted by Crippen LogP contribution is 2.25. The molecule has 1 fully saturated rings. The molecule has 1 heterocycles. The van der Waals surface area contributed by atoms with Crippen LogP contribution < -0.4 is 5.32 Å². The molecule has 0 saturated carbocycles. The second-order valence-corrected chi connectivity index (χ2v) is 3.24. The number of aliphatic hydroxyl groups is 2. The predicted molar refractivity (Wildman–Crippen MR) is 38.4 cm³/mol. The number of piperidine rings is 1. The monoisotopic (exact) mass is 145 g/mol. The van der Waals surface area contributed by atoms with E-state index in [9.17, 15) is 10.2 Å². The van der Waals surface area contributed by atoms with E-state index in [0.717, 1.165) is 0 Å². The summed E-state index contributed by atoms with van der Waals surface area (Å²) in [6, 6.07) is 0. The third kappa shape index (κ3) is 1.17. The Balaban J connectivity index is 2.63. The molecule has 0 unspecified atom stereocenters. The summed E-state index contributed by atoms with van der Waals surface area (Å²) in [5.41, 5.74) is 0. The minimum absolute atomic E-state index is 0.0729. The number of hydrogen-bond acceptors (Lipinski definition) is 3. The summed E-state index contributed by atoms with van der Waals surface area (Å²) >= 11 is 0. The molecule has 60 valence electrons. The third-order valence-electron chi connectivity index (χ3n) is 2.35. The van der Waals surface area contributed by atoms with E-state index in [1.54, 1.807) is 0 Å². The molecule has 3 nitrogen and oxygen atoms in total. The summed E-state index contributed by atoms with van der Waals surface area (Å²) in [6.07, 6.45) is 0. The minimum atomic E-state index is -1.47. The summed E-state index contributed by atoms with van der Waals surface area (Å²) in [5, 5.41) is 22.0. The number of hydrogen-bond donors (Lipinski definition) is 3. The Morgan fingerprint density at radius 3 is 1.90 bits per heavy atom. The second kappa shape index (κ2) is 2.49. The molecule has 0 aromatic heterocycles. The minimum Gasteiger partial charge on any atom is -0.365 e. The molecule has 1 aliphatic heterocycles. The van der Waals surface area contributed by atoms with E-state index in [4.69, 9.17) is 0 Å². The first-order valence-corrected chi connectivity index (χ1v) is 3.70. The van der Waals surface area contributed by atoms with Gasteiger partial charge in [0, 0.05) is 24.9 Å². The molecule has 1 rings (SSSR count). The zero-order chi connectivity index (χ0) is 7.78. The summed E-state index contributed by atoms with van der Waals surface area (Å²) in [7, 11) is 0. The van der Waals surface area contributed by atoms with E-state index in [-0.39, 0.29) is 11.8 Å². The van der Waals surface area contributed by atoms with E-state index in [0.29, 0.717) is 13.1 Å². The first-order chi connectivity index (χ1) is 4.55. The molecule has 3 N–H and O–H groups in total. The zero-order valence-electron chi connectivity index (χ0n) is 6.46. The Hall–Kier alpha value is -0.120. The van der Waals surface area contributed by atoms with Crippen molar-refractivity contribution in [2.24, 2.45) is 11.8 Å². The average molecular weight is 145 g/mol. The molecule has 1 aliphatic rings. The van der Waals surface area contributed by atoms with Crippen LogP contribution in [0, 0.1) is 11.8 Å². The van der Waals surface area contributed by atoms with Gasteiger partial charge in [-0.05, 0) is 0 Å². The van der Waals surface area contributed by atoms with Crippen LogP contribution in [0.4, 0.5) is 0 Å². The van der Waals surface area contributed by atoms with Crippen LogP contribution >= 0.6 is 0 Å². The van der Waals surface area contributed by atoms with Gasteiger partial charge in [-0.15, -0.1) is 0 Å². The summed E-state index contributed by atoms with van der Waals surface area (Å²) < 4.78 is 0. The van der Waals surface area contributed by atoms with Crippen LogP contribution in [0.15, 0.2) is 0 Å². The van der Waals surface area contributed by atoms with Crippen molar-refractivity contribution in [1.29, 1.82) is 0 Å². The van der Waals surface area contributed by atoms with Crippen molar-refractivity contribution < 1.29 is 10.2 Å². The molecule has 0 amide bonds. The molecule has 0 spiro atoms. The molecular formula is C7H15NO2. The highest BCUT2D eigenvalue weighted by Gasteiger charge is 2.39. The lowest BCUT2D eigenvalue weighted by Crippen LogP contribution is -2.54. The summed E-state index contributed by atoms with van der Waals surface area (Å²) in [5.74, 6) is -1.61. The van der Waals surface area contributed by atoms with Gasteiger partial charge in [-0.3, -0.25) is 0 Å². The molecule has 0 bridgehead atoms. The van der Waals surface area contributed by atoms with Crippen molar-refractivity contribution in [3.05, 3.63) is 0 Å². The van der Waals surface area contributed by atoms with Crippen LogP contribution in [-0.4, -0.2) is 29.1 Å². The fraction of sp³-hybridized carbons (Fsp3) is 1.00. The first-order valence-electron chi connectivity index (χ1n) is 3.70. The highest BCUT2D eigenvalue weighted by atomic mass is 16.5. The van der Waals surface area contributed by atoms with Gasteiger partial charge in [0.15, 0.2) is 5.79 Å². The van der Waals surface area contributed by atoms with Gasteiger partial charge in [0.05, 0.1) is 0 Å². The summed E-state index contributed by atoms with van der Waals surface area (Å²) in [4.78, 5) is 0. The molecule has 0 radical (unpaired) electrons. The molecule has 10 heavy (non-hydrogen) atoms. The quantitative estimate of drug-likeness (QED) is 0.404. The van der Waals surface area contributed by atoms with E-state index in [2.05, 4.69) is 5.32 Å². The Kier molecular flexibility index (Phi) is 1.99. The van der Waals surface area contributed by atoms with Crippen LogP contribution in [-0.2, 0) is 0 Å². The SMILES string of the molecule is C[C@@H]1CNC[C@H](C)C1(O)O. The first kappa shape index (κ1) is 7.98. The van der Waals surface area contributed by atoms with Gasteiger partial charge >= 0.3 is 0 Å². The van der Waals surface area contributed by atoms with Crippen LogP contribution in [0.2, 0.25) is 0 Å². The van der Waals surface area contributed by atoms with Gasteiger partial charge in [0.25, 0.3) is 0 Å². The topological polar surface area (TPSA) is 52.5 Å². The summed E-state index contributed by atoms with van der Waals surface area (Å²) in [6.45, 7) is 5.06. The highest BCUT2D eigenvalue weighted by molar-refractivity contribution is 4.85. The lowest BCUT2D eigenvalue weighted by Gasteiger charge is -2.38. The van der Waals surface area contributed by atoms with Crippen LogP contribution in [0.3, 0.4) is 0 Å². The number of nitrogens with one attached hydrogen (secondary N) is 1. The Morgan fingerprint density at radius 2 is 1.60 bits per heavy atom. The van der Waals surface area contributed by atoms with Gasteiger partial charge in [-0.25, -0.2) is 0 Å². The van der Waals surface area contributed by atoms with Gasteiger partial charge in [-0.1, -0.05) is 13.8 Å². The molecule has 3 heteroatoms. The maximum absolute atomic E-state index is 9.43. The van der Waals surface area contributed by atoms with Crippen molar-refractivity contribution in [3.63, 3.8) is 0 Å². The van der Waals surface area contributed by atoms with Crippen molar-refractivity contribution in [2.45, 2.75) is 19.6 Å². The van der Waals surface area contributed by atoms with Crippen molar-refractivity contribution in [3.8, 4) is 0 Å². The average Bonchev–Trinajstić information content (AvgIpc) is 1.84. The van der Waals surface area contributed by atoms with Crippen LogP contribution in [0.1, 0.15) is 13.8 Å². The van der Waals surface area contributed by atoms with Gasteiger partial charge in [0.1, 0.15) is 0 Å². The molecular weight excluding hydrogens is 130 g/mol. The fourth-order valence-electron chi connectivity index (χ4n) is 1.30. The van der Waals surface area contributed by atoms with E-state index >= 15 is 0 Å². The standard InChI is InChI=1S/C7H15NO2/c1-5-3-8-4-6(2)7(5,9)10/h5-6,8-10H,3-4H2,1-2H3/t5-,6+. The second-order valence-electron chi connectivity index (χ2n) is 3.24. The maximum Gasteiger partial charge on any atom is 0.170 e. The van der Waals surface area contributed by atoms with Crippen molar-refractivity contribution in [2.75, 3.05) is 13.1 Å². The van der Waals surface area contributed by atoms with Crippen LogP contribution in [0.25, 0.3) is 0 Å². The normalized spacial score (nSPS) is 39.6. The number of rotatable bonds is 0. The molecule has 0 aliphatic carbocycles. The van der Waals surface area contributed by atoms with Gasteiger partial charge in [0.2, 0.25) is 0 Å². The smallest absolute Gasteiger partial charge is 0.170 e. The van der Waals surface area contributed by atoms with E-state index in [1.165, 1.54) is 0 Å². The van der Waals surface area contributed by atoms with Crippen molar-refractivity contribution >= 4 is 0 Å². The third-order valence-corrected chi connectivity index (χ3v) is 2.35. The fourth-order valence-corrected chi connectivity index (χ4v) is 1.30. The van der Waals surface area contributed by atoms with Crippen LogP contribution in [0.5, 0.6) is 0 Å². The van der Waals surface area contributed by atoms with E-state index in [1.807, 2.05) is 13.8 Å². The maximum atomic E-state index is 9.43. The Bertz CT molecular complexity index is 113. The zero-order valence-corrected chi connectivity index (χ0v) is 6.46. The molecule has 0 aromatic carbocycles. The predicted octanol–water partition coefficient (Wildman–Crippen LogP) is -0.457. The lowest BCUT2D eigenvalue weighted by atomic mass is 9.86. The molecule has 1 saturated heterocycles. The molecule has 0 aromatic rings. The Morgan fingerprint density at radius 1 is 1.20 bits per heavy atom.